The van der Waals surface area contributed by atoms with E-state index in [0.29, 0.717) is 0 Å². The molecule has 2 atom stereocenters. The first-order chi connectivity index (χ1) is 11.0. The van der Waals surface area contributed by atoms with Crippen LogP contribution >= 0.6 is 0 Å². The van der Waals surface area contributed by atoms with Crippen LogP contribution in [0.3, 0.4) is 0 Å². The minimum atomic E-state index is -2.02. The van der Waals surface area contributed by atoms with E-state index in [1.165, 1.54) is 0 Å². The van der Waals surface area contributed by atoms with Crippen LogP contribution in [0.5, 0.6) is 0 Å². The Kier molecular flexibility index (Phi) is 13.5. The van der Waals surface area contributed by atoms with Crippen molar-refractivity contribution in [2.45, 2.75) is 104 Å². The summed E-state index contributed by atoms with van der Waals surface area (Å²) in [5.41, 5.74) is 0. The largest absolute Gasteiger partial charge is 3.00 e. The van der Waals surface area contributed by atoms with E-state index in [0.717, 1.165) is 12.1 Å². The zero-order chi connectivity index (χ0) is 21.6. The summed E-state index contributed by atoms with van der Waals surface area (Å²) in [4.78, 5) is 27.5. The van der Waals surface area contributed by atoms with E-state index in [2.05, 4.69) is 91.7 Å². The topological polar surface area (TPSA) is 76.1 Å². The van der Waals surface area contributed by atoms with Gasteiger partial charge in [-0.3, -0.25) is 0 Å². The third-order valence-corrected chi connectivity index (χ3v) is 142. The SMILES string of the molecule is C[Si](C)(C)[Si](C)([SiH]([O-])CC[SiH]([O-])[Si](C)([Si](C)(C)C)[Si](C)(C)C)[Si](C)(C)C.[Al+3].[OH-]. The third-order valence-electron chi connectivity index (χ3n) is 8.21. The molecule has 0 aromatic rings. The van der Waals surface area contributed by atoms with Crippen LogP contribution in [0.15, 0.2) is 0 Å². The molecule has 0 radical (unpaired) electrons. The molecular weight excluding hydrogens is 492 g/mol. The molecule has 0 fully saturated rings. The Bertz CT molecular complexity index is 408. The molecule has 12 heteroatoms. The van der Waals surface area contributed by atoms with Gasteiger partial charge in [0.1, 0.15) is 0 Å². The van der Waals surface area contributed by atoms with Gasteiger partial charge >= 0.3 is 17.4 Å². The Balaban J connectivity index is -0.00000312. The van der Waals surface area contributed by atoms with Gasteiger partial charge in [0.05, 0.1) is 0 Å². The molecule has 0 saturated heterocycles. The molecule has 1 N–H and O–H groups in total. The van der Waals surface area contributed by atoms with Gasteiger partial charge in [-0.15, -0.1) is 0 Å². The average molecular weight is 541 g/mol. The Morgan fingerprint density at radius 3 is 0.714 bits per heavy atom. The van der Waals surface area contributed by atoms with E-state index in [1.54, 1.807) is 0 Å². The molecule has 0 saturated carbocycles. The molecule has 0 aliphatic carbocycles. The van der Waals surface area contributed by atoms with Crippen LogP contribution in [-0.4, -0.2) is 83.6 Å². The average Bonchev–Trinajstić information content (AvgIpc) is 2.37. The predicted molar refractivity (Wildman–Crippen MR) is 148 cm³/mol. The van der Waals surface area contributed by atoms with Gasteiger partial charge in [-0.1, -0.05) is 121 Å². The maximum absolute atomic E-state index is 13.8. The van der Waals surface area contributed by atoms with Crippen LogP contribution < -0.4 is 9.59 Å². The van der Waals surface area contributed by atoms with Crippen LogP contribution in [0.25, 0.3) is 0 Å². The number of rotatable bonds is 9. The van der Waals surface area contributed by atoms with Gasteiger partial charge in [0, 0.05) is 43.6 Å². The fraction of sp³-hybridized carbons (Fsp3) is 1.00. The molecule has 0 rings (SSSR count). The minimum Gasteiger partial charge on any atom is -0.870 e. The summed E-state index contributed by atoms with van der Waals surface area (Å²) in [5.74, 6) is 0. The van der Waals surface area contributed by atoms with Gasteiger partial charge in [0.25, 0.3) is 0 Å². The van der Waals surface area contributed by atoms with Crippen molar-refractivity contribution in [2.75, 3.05) is 0 Å². The molecule has 0 spiro atoms. The molecule has 0 aromatic carbocycles. The fourth-order valence-corrected chi connectivity index (χ4v) is 129. The van der Waals surface area contributed by atoms with E-state index < -0.39 is 60.7 Å². The van der Waals surface area contributed by atoms with Crippen molar-refractivity contribution in [1.82, 2.24) is 0 Å². The molecule has 0 bridgehead atoms. The molecule has 0 aliphatic heterocycles. The van der Waals surface area contributed by atoms with Crippen LogP contribution in [0, 0.1) is 0 Å². The summed E-state index contributed by atoms with van der Waals surface area (Å²) < 4.78 is 0. The maximum atomic E-state index is 13.8. The maximum Gasteiger partial charge on any atom is 3.00 e. The normalized spacial score (nSPS) is 16.7. The molecule has 166 valence electrons. The molecule has 0 heterocycles. The molecule has 0 aliphatic rings. The molecule has 0 aromatic heterocycles. The summed E-state index contributed by atoms with van der Waals surface area (Å²) in [6.07, 6.45) is 0. The van der Waals surface area contributed by atoms with E-state index in [-0.39, 0.29) is 22.8 Å². The summed E-state index contributed by atoms with van der Waals surface area (Å²) in [6.45, 7) is 31.2. The minimum absolute atomic E-state index is 0. The Morgan fingerprint density at radius 2 is 0.607 bits per heavy atom. The van der Waals surface area contributed by atoms with Gasteiger partial charge in [-0.2, -0.15) is 0 Å². The Labute approximate surface area is 195 Å². The zero-order valence-electron chi connectivity index (χ0n) is 21.4. The first-order valence-corrected chi connectivity index (χ1v) is 39.6. The summed E-state index contributed by atoms with van der Waals surface area (Å²) >= 11 is 0. The Hall–Kier alpha value is 2.15. The van der Waals surface area contributed by atoms with Crippen LogP contribution in [0.4, 0.5) is 0 Å². The Morgan fingerprint density at radius 1 is 0.464 bits per heavy atom. The van der Waals surface area contributed by atoms with Crippen molar-refractivity contribution < 1.29 is 15.1 Å². The first-order valence-electron chi connectivity index (χ1n) is 10.4. The van der Waals surface area contributed by atoms with Crippen molar-refractivity contribution in [1.29, 1.82) is 0 Å². The van der Waals surface area contributed by atoms with Crippen molar-refractivity contribution in [2.24, 2.45) is 0 Å². The van der Waals surface area contributed by atoms with Crippen molar-refractivity contribution in [3.8, 4) is 0 Å². The molecular formula is C16H49AlO3Si8. The number of hydrogen-bond donors (Lipinski definition) is 0. The first kappa shape index (κ1) is 34.8. The molecule has 28 heavy (non-hydrogen) atoms. The van der Waals surface area contributed by atoms with E-state index in [9.17, 15) is 9.59 Å². The quantitative estimate of drug-likeness (QED) is 0.422. The van der Waals surface area contributed by atoms with E-state index in [4.69, 9.17) is 0 Å². The van der Waals surface area contributed by atoms with Crippen molar-refractivity contribution in [3.63, 3.8) is 0 Å². The summed E-state index contributed by atoms with van der Waals surface area (Å²) in [6, 6.07) is 1.71. The van der Waals surface area contributed by atoms with Gasteiger partial charge in [0.15, 0.2) is 0 Å². The van der Waals surface area contributed by atoms with Gasteiger partial charge < -0.3 is 15.1 Å². The van der Waals surface area contributed by atoms with Crippen molar-refractivity contribution in [3.05, 3.63) is 0 Å². The van der Waals surface area contributed by atoms with Gasteiger partial charge in [-0.25, -0.2) is 0 Å². The monoisotopic (exact) mass is 540 g/mol. The second-order valence-electron chi connectivity index (χ2n) is 13.0. The zero-order valence-corrected chi connectivity index (χ0v) is 30.9. The standard InChI is InChI=1S/C16H48O2Si8.Al.H2O/c1-21(2,3)25(13,22(4,5)6)19(17)15-16-20(18)26(14,23(7,8)9)24(10,11)12;;/h19-20H,15-16H2,1-14H3;;1H2/q-2;+3;/p-1. The smallest absolute Gasteiger partial charge is 0.870 e. The predicted octanol–water partition coefficient (Wildman–Crippen LogP) is 2.58. The summed E-state index contributed by atoms with van der Waals surface area (Å²) in [5, 5.41) is 0. The fourth-order valence-electron chi connectivity index (χ4n) is 5.06. The number of hydrogen-bond acceptors (Lipinski definition) is 3. The molecule has 0 amide bonds. The second kappa shape index (κ2) is 10.8. The molecule has 3 nitrogen and oxygen atoms in total. The van der Waals surface area contributed by atoms with Crippen LogP contribution in [0.2, 0.25) is 104 Å². The van der Waals surface area contributed by atoms with E-state index >= 15 is 0 Å². The third kappa shape index (κ3) is 6.82. The second-order valence-corrected chi connectivity index (χ2v) is 90.1. The van der Waals surface area contributed by atoms with Gasteiger partial charge in [-0.05, 0) is 0 Å². The van der Waals surface area contributed by atoms with E-state index in [1.807, 2.05) is 0 Å². The van der Waals surface area contributed by atoms with Crippen LogP contribution in [-0.2, 0) is 0 Å². The van der Waals surface area contributed by atoms with Gasteiger partial charge in [0.2, 0.25) is 0 Å². The molecule has 2 unspecified atom stereocenters. The van der Waals surface area contributed by atoms with Crippen molar-refractivity contribution >= 4 is 78.1 Å². The van der Waals surface area contributed by atoms with Crippen LogP contribution in [0.1, 0.15) is 0 Å². The summed E-state index contributed by atoms with van der Waals surface area (Å²) in [7, 11) is -9.67.